The van der Waals surface area contributed by atoms with Crippen LogP contribution in [-0.2, 0) is 19.5 Å². The Balaban J connectivity index is 3.21. The van der Waals surface area contributed by atoms with Crippen LogP contribution in [0.2, 0.25) is 0 Å². The summed E-state index contributed by atoms with van der Waals surface area (Å²) in [5.41, 5.74) is 7.36. The molecule has 0 fully saturated rings. The van der Waals surface area contributed by atoms with Gasteiger partial charge in [-0.05, 0) is 19.4 Å². The van der Waals surface area contributed by atoms with Gasteiger partial charge in [-0.15, -0.1) is 0 Å². The predicted molar refractivity (Wildman–Crippen MR) is 58.3 cm³/mol. The fraction of sp³-hybridized carbons (Fsp3) is 0.545. The van der Waals surface area contributed by atoms with Crippen LogP contribution < -0.4 is 11.3 Å². The Morgan fingerprint density at radius 3 is 2.57 bits per heavy atom. The number of aromatic nitrogens is 1. The Morgan fingerprint density at radius 2 is 2.07 bits per heavy atom. The maximum absolute atomic E-state index is 11.8. The fourth-order valence-electron chi connectivity index (χ4n) is 1.64. The lowest BCUT2D eigenvalue weighted by molar-refractivity contribution is 0.656. The first-order chi connectivity index (χ1) is 6.74. The Bertz CT molecular complexity index is 355. The zero-order valence-corrected chi connectivity index (χ0v) is 8.92. The fourth-order valence-corrected chi connectivity index (χ4v) is 1.64. The van der Waals surface area contributed by atoms with E-state index in [0.717, 1.165) is 25.1 Å². The van der Waals surface area contributed by atoms with Crippen molar-refractivity contribution < 1.29 is 0 Å². The average molecular weight is 194 g/mol. The highest BCUT2D eigenvalue weighted by atomic mass is 16.1. The van der Waals surface area contributed by atoms with Crippen molar-refractivity contribution in [1.29, 1.82) is 0 Å². The van der Waals surface area contributed by atoms with Gasteiger partial charge in [0, 0.05) is 24.3 Å². The van der Waals surface area contributed by atoms with Gasteiger partial charge in [-0.3, -0.25) is 4.79 Å². The average Bonchev–Trinajstić information content (AvgIpc) is 2.19. The van der Waals surface area contributed by atoms with E-state index in [-0.39, 0.29) is 5.56 Å². The third-order valence-electron chi connectivity index (χ3n) is 2.39. The third kappa shape index (κ3) is 2.04. The van der Waals surface area contributed by atoms with Crippen LogP contribution in [0.1, 0.15) is 31.5 Å². The van der Waals surface area contributed by atoms with E-state index in [2.05, 4.69) is 6.92 Å². The normalized spacial score (nSPS) is 10.5. The highest BCUT2D eigenvalue weighted by Gasteiger charge is 2.05. The first-order valence-electron chi connectivity index (χ1n) is 5.16. The Hall–Kier alpha value is -1.09. The second-order valence-electron chi connectivity index (χ2n) is 3.35. The van der Waals surface area contributed by atoms with Crippen molar-refractivity contribution in [1.82, 2.24) is 4.57 Å². The quantitative estimate of drug-likeness (QED) is 0.785. The van der Waals surface area contributed by atoms with Crippen LogP contribution in [0.15, 0.2) is 16.9 Å². The largest absolute Gasteiger partial charge is 0.326 e. The van der Waals surface area contributed by atoms with Gasteiger partial charge in [0.25, 0.3) is 5.56 Å². The molecular formula is C11H18N2O. The molecule has 78 valence electrons. The van der Waals surface area contributed by atoms with E-state index in [1.165, 1.54) is 0 Å². The van der Waals surface area contributed by atoms with Crippen molar-refractivity contribution in [3.05, 3.63) is 33.7 Å². The van der Waals surface area contributed by atoms with Crippen LogP contribution in [0, 0.1) is 0 Å². The van der Waals surface area contributed by atoms with Crippen molar-refractivity contribution in [2.24, 2.45) is 5.73 Å². The molecule has 0 aromatic carbocycles. The predicted octanol–water partition coefficient (Wildman–Crippen LogP) is 1.28. The molecule has 0 saturated carbocycles. The van der Waals surface area contributed by atoms with E-state index >= 15 is 0 Å². The molecule has 0 unspecified atom stereocenters. The summed E-state index contributed by atoms with van der Waals surface area (Å²) in [4.78, 5) is 11.8. The molecule has 0 spiro atoms. The molecule has 1 aromatic heterocycles. The molecule has 0 atom stereocenters. The van der Waals surface area contributed by atoms with Crippen molar-refractivity contribution in [3.63, 3.8) is 0 Å². The number of nitrogens with two attached hydrogens (primary N) is 1. The lowest BCUT2D eigenvalue weighted by Crippen LogP contribution is -2.27. The molecule has 0 bridgehead atoms. The minimum absolute atomic E-state index is 0.0703. The van der Waals surface area contributed by atoms with E-state index in [4.69, 9.17) is 5.73 Å². The molecule has 1 rings (SSSR count). The summed E-state index contributed by atoms with van der Waals surface area (Å²) >= 11 is 0. The first-order valence-corrected chi connectivity index (χ1v) is 5.16. The molecule has 0 amide bonds. The zero-order chi connectivity index (χ0) is 10.6. The van der Waals surface area contributed by atoms with Crippen molar-refractivity contribution in [2.45, 2.75) is 39.8 Å². The maximum Gasteiger partial charge on any atom is 0.255 e. The molecule has 1 aromatic rings. The monoisotopic (exact) mass is 194 g/mol. The molecule has 0 radical (unpaired) electrons. The van der Waals surface area contributed by atoms with E-state index in [1.54, 1.807) is 0 Å². The molecule has 0 aliphatic rings. The third-order valence-corrected chi connectivity index (χ3v) is 2.39. The molecule has 1 heterocycles. The molecule has 3 heteroatoms. The van der Waals surface area contributed by atoms with Gasteiger partial charge in [-0.1, -0.05) is 19.4 Å². The summed E-state index contributed by atoms with van der Waals surface area (Å²) in [6.07, 6.45) is 2.01. The Morgan fingerprint density at radius 1 is 1.36 bits per heavy atom. The number of aryl methyl sites for hydroxylation is 1. The minimum atomic E-state index is 0.0703. The van der Waals surface area contributed by atoms with Crippen molar-refractivity contribution in [2.75, 3.05) is 0 Å². The molecule has 0 aliphatic heterocycles. The summed E-state index contributed by atoms with van der Waals surface area (Å²) in [6.45, 7) is 5.15. The second-order valence-corrected chi connectivity index (χ2v) is 3.35. The van der Waals surface area contributed by atoms with Crippen LogP contribution in [0.3, 0.4) is 0 Å². The van der Waals surface area contributed by atoms with Gasteiger partial charge >= 0.3 is 0 Å². The van der Waals surface area contributed by atoms with E-state index in [9.17, 15) is 4.79 Å². The van der Waals surface area contributed by atoms with E-state index in [1.807, 2.05) is 23.6 Å². The topological polar surface area (TPSA) is 48.0 Å². The van der Waals surface area contributed by atoms with Gasteiger partial charge in [-0.2, -0.15) is 0 Å². The van der Waals surface area contributed by atoms with Gasteiger partial charge in [0.1, 0.15) is 0 Å². The standard InChI is InChI=1S/C11H18N2O/c1-3-5-10-7-6-9(8-12)11(14)13(10)4-2/h6-7H,3-5,8,12H2,1-2H3. The highest BCUT2D eigenvalue weighted by Crippen LogP contribution is 2.02. The van der Waals surface area contributed by atoms with Crippen LogP contribution in [-0.4, -0.2) is 4.57 Å². The molecule has 0 aliphatic carbocycles. The van der Waals surface area contributed by atoms with Gasteiger partial charge < -0.3 is 10.3 Å². The van der Waals surface area contributed by atoms with Gasteiger partial charge in [0.15, 0.2) is 0 Å². The molecular weight excluding hydrogens is 176 g/mol. The minimum Gasteiger partial charge on any atom is -0.326 e. The van der Waals surface area contributed by atoms with Crippen molar-refractivity contribution in [3.8, 4) is 0 Å². The molecule has 0 saturated heterocycles. The maximum atomic E-state index is 11.8. The highest BCUT2D eigenvalue weighted by molar-refractivity contribution is 5.16. The summed E-state index contributed by atoms with van der Waals surface area (Å²) in [6, 6.07) is 3.86. The number of nitrogens with zero attached hydrogens (tertiary/aromatic N) is 1. The van der Waals surface area contributed by atoms with Crippen molar-refractivity contribution >= 4 is 0 Å². The SMILES string of the molecule is CCCc1ccc(CN)c(=O)n1CC. The van der Waals surface area contributed by atoms with Gasteiger partial charge in [-0.25, -0.2) is 0 Å². The van der Waals surface area contributed by atoms with Crippen LogP contribution in [0.4, 0.5) is 0 Å². The van der Waals surface area contributed by atoms with Crippen LogP contribution >= 0.6 is 0 Å². The molecule has 14 heavy (non-hydrogen) atoms. The zero-order valence-electron chi connectivity index (χ0n) is 8.92. The molecule has 3 nitrogen and oxygen atoms in total. The number of pyridine rings is 1. The Labute approximate surface area is 84.6 Å². The van der Waals surface area contributed by atoms with Crippen LogP contribution in [0.25, 0.3) is 0 Å². The summed E-state index contributed by atoms with van der Waals surface area (Å²) in [5.74, 6) is 0. The lowest BCUT2D eigenvalue weighted by Gasteiger charge is -2.11. The summed E-state index contributed by atoms with van der Waals surface area (Å²) < 4.78 is 1.81. The van der Waals surface area contributed by atoms with Crippen LogP contribution in [0.5, 0.6) is 0 Å². The van der Waals surface area contributed by atoms with Gasteiger partial charge in [0.2, 0.25) is 0 Å². The number of hydrogen-bond donors (Lipinski definition) is 1. The second kappa shape index (κ2) is 4.96. The number of hydrogen-bond acceptors (Lipinski definition) is 2. The smallest absolute Gasteiger partial charge is 0.255 e. The van der Waals surface area contributed by atoms with Gasteiger partial charge in [0.05, 0.1) is 0 Å². The van der Waals surface area contributed by atoms with E-state index < -0.39 is 0 Å². The van der Waals surface area contributed by atoms with E-state index in [0.29, 0.717) is 12.1 Å². The number of rotatable bonds is 4. The summed E-state index contributed by atoms with van der Waals surface area (Å²) in [7, 11) is 0. The Kier molecular flexibility index (Phi) is 3.89. The summed E-state index contributed by atoms with van der Waals surface area (Å²) in [5, 5.41) is 0. The molecule has 2 N–H and O–H groups in total. The lowest BCUT2D eigenvalue weighted by atomic mass is 10.2. The first kappa shape index (κ1) is 11.0.